The molecule has 112 valence electrons. The third-order valence-corrected chi connectivity index (χ3v) is 3.02. The Hall–Kier alpha value is -1.94. The average Bonchev–Trinajstić information content (AvgIpc) is 2.47. The standard InChI is InChI=1S/C17H21FN2O/c1-13(2)10-20-11-15-3-4-17(16(18)9-15)21-12-14-5-7-19-8-6-14/h3-9,13,20H,10-12H2,1-2H3. The third kappa shape index (κ3) is 5.16. The molecule has 0 bridgehead atoms. The molecule has 0 saturated carbocycles. The number of rotatable bonds is 7. The summed E-state index contributed by atoms with van der Waals surface area (Å²) in [5, 5.41) is 3.29. The minimum Gasteiger partial charge on any atom is -0.486 e. The van der Waals surface area contributed by atoms with Crippen LogP contribution in [0.3, 0.4) is 0 Å². The van der Waals surface area contributed by atoms with Crippen molar-refractivity contribution in [2.45, 2.75) is 27.0 Å². The summed E-state index contributed by atoms with van der Waals surface area (Å²) in [4.78, 5) is 3.93. The van der Waals surface area contributed by atoms with Crippen molar-refractivity contribution >= 4 is 0 Å². The number of benzene rings is 1. The van der Waals surface area contributed by atoms with E-state index in [-0.39, 0.29) is 11.6 Å². The van der Waals surface area contributed by atoms with Gasteiger partial charge in [0.25, 0.3) is 0 Å². The van der Waals surface area contributed by atoms with Crippen LogP contribution in [0.2, 0.25) is 0 Å². The fourth-order valence-corrected chi connectivity index (χ4v) is 1.92. The number of aromatic nitrogens is 1. The Balaban J connectivity index is 1.90. The second-order valence-electron chi connectivity index (χ2n) is 5.43. The summed E-state index contributed by atoms with van der Waals surface area (Å²) in [6.07, 6.45) is 3.39. The molecule has 0 aliphatic carbocycles. The van der Waals surface area contributed by atoms with Crippen molar-refractivity contribution in [3.8, 4) is 5.75 Å². The Labute approximate surface area is 125 Å². The molecule has 21 heavy (non-hydrogen) atoms. The lowest BCUT2D eigenvalue weighted by Gasteiger charge is -2.10. The largest absolute Gasteiger partial charge is 0.486 e. The Morgan fingerprint density at radius 2 is 1.90 bits per heavy atom. The Kier molecular flexibility index (Phi) is 5.69. The average molecular weight is 288 g/mol. The predicted molar refractivity (Wildman–Crippen MR) is 81.5 cm³/mol. The summed E-state index contributed by atoms with van der Waals surface area (Å²) in [7, 11) is 0. The second-order valence-corrected chi connectivity index (χ2v) is 5.43. The number of nitrogens with zero attached hydrogens (tertiary/aromatic N) is 1. The second kappa shape index (κ2) is 7.74. The molecule has 1 heterocycles. The summed E-state index contributed by atoms with van der Waals surface area (Å²) in [6, 6.07) is 8.79. The smallest absolute Gasteiger partial charge is 0.165 e. The molecule has 1 N–H and O–H groups in total. The lowest BCUT2D eigenvalue weighted by Crippen LogP contribution is -2.19. The van der Waals surface area contributed by atoms with Crippen molar-refractivity contribution < 1.29 is 9.13 Å². The molecule has 1 aromatic carbocycles. The van der Waals surface area contributed by atoms with Gasteiger partial charge in [0.15, 0.2) is 11.6 Å². The van der Waals surface area contributed by atoms with E-state index in [4.69, 9.17) is 4.74 Å². The Bertz CT molecular complexity index is 558. The maximum Gasteiger partial charge on any atom is 0.165 e. The van der Waals surface area contributed by atoms with Gasteiger partial charge in [0, 0.05) is 18.9 Å². The van der Waals surface area contributed by atoms with Gasteiger partial charge in [0.2, 0.25) is 0 Å². The van der Waals surface area contributed by atoms with Gasteiger partial charge in [-0.1, -0.05) is 19.9 Å². The molecule has 0 aliphatic heterocycles. The molecule has 3 nitrogen and oxygen atoms in total. The molecule has 4 heteroatoms. The Morgan fingerprint density at radius 1 is 1.14 bits per heavy atom. The van der Waals surface area contributed by atoms with Crippen LogP contribution in [0.5, 0.6) is 5.75 Å². The monoisotopic (exact) mass is 288 g/mol. The number of halogens is 1. The summed E-state index contributed by atoms with van der Waals surface area (Å²) in [5.74, 6) is 0.533. The van der Waals surface area contributed by atoms with Gasteiger partial charge in [-0.2, -0.15) is 0 Å². The molecule has 0 radical (unpaired) electrons. The highest BCUT2D eigenvalue weighted by atomic mass is 19.1. The SMILES string of the molecule is CC(C)CNCc1ccc(OCc2ccncc2)c(F)c1. The van der Waals surface area contributed by atoms with E-state index >= 15 is 0 Å². The van der Waals surface area contributed by atoms with E-state index in [1.165, 1.54) is 6.07 Å². The fraction of sp³-hybridized carbons (Fsp3) is 0.353. The molecule has 0 fully saturated rings. The molecule has 2 aromatic rings. The van der Waals surface area contributed by atoms with Crippen LogP contribution in [0.25, 0.3) is 0 Å². The van der Waals surface area contributed by atoms with Crippen LogP contribution in [-0.2, 0) is 13.2 Å². The number of nitrogens with one attached hydrogen (secondary N) is 1. The van der Waals surface area contributed by atoms with E-state index in [1.807, 2.05) is 18.2 Å². The zero-order chi connectivity index (χ0) is 15.1. The van der Waals surface area contributed by atoms with E-state index in [9.17, 15) is 4.39 Å². The molecular weight excluding hydrogens is 267 g/mol. The third-order valence-electron chi connectivity index (χ3n) is 3.02. The first kappa shape index (κ1) is 15.4. The normalized spacial score (nSPS) is 10.9. The van der Waals surface area contributed by atoms with Crippen molar-refractivity contribution in [1.82, 2.24) is 10.3 Å². The van der Waals surface area contributed by atoms with Gasteiger partial charge in [-0.25, -0.2) is 4.39 Å². The van der Waals surface area contributed by atoms with Gasteiger partial charge in [-0.3, -0.25) is 4.98 Å². The quantitative estimate of drug-likeness (QED) is 0.846. The van der Waals surface area contributed by atoms with Crippen LogP contribution in [0.1, 0.15) is 25.0 Å². The van der Waals surface area contributed by atoms with Crippen molar-refractivity contribution in [1.29, 1.82) is 0 Å². The number of hydrogen-bond donors (Lipinski definition) is 1. The molecule has 1 aromatic heterocycles. The van der Waals surface area contributed by atoms with Crippen molar-refractivity contribution in [2.75, 3.05) is 6.54 Å². The van der Waals surface area contributed by atoms with Gasteiger partial charge >= 0.3 is 0 Å². The minimum absolute atomic E-state index is 0.277. The maximum atomic E-state index is 14.0. The van der Waals surface area contributed by atoms with E-state index < -0.39 is 0 Å². The lowest BCUT2D eigenvalue weighted by atomic mass is 10.2. The molecule has 0 atom stereocenters. The molecule has 2 rings (SSSR count). The summed E-state index contributed by atoms with van der Waals surface area (Å²) >= 11 is 0. The van der Waals surface area contributed by atoms with Crippen LogP contribution in [-0.4, -0.2) is 11.5 Å². The highest BCUT2D eigenvalue weighted by Crippen LogP contribution is 2.19. The number of hydrogen-bond acceptors (Lipinski definition) is 3. The van der Waals surface area contributed by atoms with Crippen LogP contribution < -0.4 is 10.1 Å². The van der Waals surface area contributed by atoms with Gasteiger partial charge in [-0.05, 0) is 47.9 Å². The molecule has 0 spiro atoms. The number of ether oxygens (including phenoxy) is 1. The first-order chi connectivity index (χ1) is 10.1. The van der Waals surface area contributed by atoms with Gasteiger partial charge in [0.05, 0.1) is 0 Å². The zero-order valence-electron chi connectivity index (χ0n) is 12.5. The molecular formula is C17H21FN2O. The topological polar surface area (TPSA) is 34.1 Å². The van der Waals surface area contributed by atoms with Crippen molar-refractivity contribution in [3.05, 3.63) is 59.7 Å². The Morgan fingerprint density at radius 3 is 2.57 bits per heavy atom. The van der Waals surface area contributed by atoms with Crippen LogP contribution in [0.4, 0.5) is 4.39 Å². The maximum absolute atomic E-state index is 14.0. The highest BCUT2D eigenvalue weighted by molar-refractivity contribution is 5.29. The highest BCUT2D eigenvalue weighted by Gasteiger charge is 2.05. The van der Waals surface area contributed by atoms with E-state index in [1.54, 1.807) is 18.5 Å². The van der Waals surface area contributed by atoms with E-state index in [2.05, 4.69) is 24.1 Å². The van der Waals surface area contributed by atoms with Gasteiger partial charge < -0.3 is 10.1 Å². The predicted octanol–water partition coefficient (Wildman–Crippen LogP) is 3.55. The number of pyridine rings is 1. The fourth-order valence-electron chi connectivity index (χ4n) is 1.92. The molecule has 0 amide bonds. The van der Waals surface area contributed by atoms with Crippen molar-refractivity contribution in [2.24, 2.45) is 5.92 Å². The van der Waals surface area contributed by atoms with Crippen molar-refractivity contribution in [3.63, 3.8) is 0 Å². The minimum atomic E-state index is -0.326. The lowest BCUT2D eigenvalue weighted by molar-refractivity contribution is 0.290. The first-order valence-electron chi connectivity index (χ1n) is 7.16. The summed E-state index contributed by atoms with van der Waals surface area (Å²) in [5.41, 5.74) is 1.89. The van der Waals surface area contributed by atoms with Crippen LogP contribution in [0, 0.1) is 11.7 Å². The summed E-state index contributed by atoms with van der Waals surface area (Å²) < 4.78 is 19.5. The van der Waals surface area contributed by atoms with Crippen LogP contribution >= 0.6 is 0 Å². The zero-order valence-corrected chi connectivity index (χ0v) is 12.5. The van der Waals surface area contributed by atoms with E-state index in [0.717, 1.165) is 17.7 Å². The first-order valence-corrected chi connectivity index (χ1v) is 7.16. The molecule has 0 unspecified atom stereocenters. The van der Waals surface area contributed by atoms with Gasteiger partial charge in [0.1, 0.15) is 6.61 Å². The summed E-state index contributed by atoms with van der Waals surface area (Å²) in [6.45, 7) is 6.21. The molecule has 0 saturated heterocycles. The molecule has 0 aliphatic rings. The van der Waals surface area contributed by atoms with Crippen LogP contribution in [0.15, 0.2) is 42.7 Å². The van der Waals surface area contributed by atoms with E-state index in [0.29, 0.717) is 19.1 Å². The van der Waals surface area contributed by atoms with Gasteiger partial charge in [-0.15, -0.1) is 0 Å².